The van der Waals surface area contributed by atoms with Crippen molar-refractivity contribution in [3.63, 3.8) is 0 Å². The Labute approximate surface area is 150 Å². The molecule has 0 bridgehead atoms. The van der Waals surface area contributed by atoms with Crippen molar-refractivity contribution < 1.29 is 19.0 Å². The molecule has 2 heterocycles. The molecule has 0 fully saturated rings. The van der Waals surface area contributed by atoms with Crippen LogP contribution in [0.15, 0.2) is 36.9 Å². The van der Waals surface area contributed by atoms with E-state index < -0.39 is 11.7 Å². The van der Waals surface area contributed by atoms with Gasteiger partial charge in [-0.2, -0.15) is 9.97 Å². The van der Waals surface area contributed by atoms with E-state index in [1.807, 2.05) is 26.8 Å². The number of rotatable bonds is 3. The molecule has 0 aliphatic heterocycles. The van der Waals surface area contributed by atoms with Crippen LogP contribution in [-0.2, 0) is 4.74 Å². The van der Waals surface area contributed by atoms with E-state index >= 15 is 0 Å². The van der Waals surface area contributed by atoms with E-state index in [0.717, 1.165) is 10.8 Å². The molecule has 26 heavy (non-hydrogen) atoms. The van der Waals surface area contributed by atoms with Crippen LogP contribution in [0.4, 0.5) is 10.5 Å². The number of anilines is 1. The second-order valence-electron chi connectivity index (χ2n) is 6.64. The van der Waals surface area contributed by atoms with E-state index in [2.05, 4.69) is 9.97 Å². The molecule has 0 saturated carbocycles. The number of carbonyl (C=O) groups is 1. The minimum absolute atomic E-state index is 0.197. The van der Waals surface area contributed by atoms with Crippen LogP contribution in [-0.4, -0.2) is 33.3 Å². The molecule has 8 heteroatoms. The Morgan fingerprint density at radius 3 is 2.50 bits per heavy atom. The zero-order valence-electron chi connectivity index (χ0n) is 15.0. The summed E-state index contributed by atoms with van der Waals surface area (Å²) in [5, 5.41) is 1.68. The fourth-order valence-electron chi connectivity index (χ4n) is 2.32. The third-order valence-corrected chi connectivity index (χ3v) is 3.44. The van der Waals surface area contributed by atoms with Crippen LogP contribution >= 0.6 is 0 Å². The minimum atomic E-state index is -0.564. The van der Waals surface area contributed by atoms with Gasteiger partial charge in [0, 0.05) is 23.2 Å². The summed E-state index contributed by atoms with van der Waals surface area (Å²) >= 11 is 0. The fraction of sp³-hybridized carbons (Fsp3) is 0.278. The van der Waals surface area contributed by atoms with Crippen molar-refractivity contribution in [1.29, 1.82) is 0 Å². The molecule has 0 aliphatic carbocycles. The van der Waals surface area contributed by atoms with Gasteiger partial charge in [-0.15, -0.1) is 0 Å². The van der Waals surface area contributed by atoms with Gasteiger partial charge in [0.1, 0.15) is 17.7 Å². The van der Waals surface area contributed by atoms with Crippen molar-refractivity contribution in [2.24, 2.45) is 0 Å². The second-order valence-corrected chi connectivity index (χ2v) is 6.64. The maximum atomic E-state index is 12.2. The molecule has 3 aromatic rings. The summed E-state index contributed by atoms with van der Waals surface area (Å²) in [4.78, 5) is 20.1. The van der Waals surface area contributed by atoms with E-state index in [-0.39, 0.29) is 17.4 Å². The number of carbonyl (C=O) groups excluding carboxylic acids is 1. The van der Waals surface area contributed by atoms with Crippen LogP contribution in [0, 0.1) is 0 Å². The molecule has 136 valence electrons. The van der Waals surface area contributed by atoms with Crippen molar-refractivity contribution >= 4 is 22.6 Å². The number of nitrogen functional groups attached to an aromatic ring is 1. The number of benzene rings is 1. The van der Waals surface area contributed by atoms with Crippen molar-refractivity contribution in [3.05, 3.63) is 36.9 Å². The predicted octanol–water partition coefficient (Wildman–Crippen LogP) is 3.60. The molecule has 0 atom stereocenters. The molecule has 0 aliphatic rings. The molecule has 0 radical (unpaired) electrons. The topological polar surface area (TPSA) is 101 Å². The second kappa shape index (κ2) is 6.55. The van der Waals surface area contributed by atoms with Gasteiger partial charge in [-0.05, 0) is 39.0 Å². The van der Waals surface area contributed by atoms with Gasteiger partial charge in [0.05, 0.1) is 7.11 Å². The lowest BCUT2D eigenvalue weighted by molar-refractivity contribution is 0.0538. The van der Waals surface area contributed by atoms with Gasteiger partial charge in [0.25, 0.3) is 0 Å². The first-order valence-corrected chi connectivity index (χ1v) is 7.94. The largest absolute Gasteiger partial charge is 0.479 e. The summed E-state index contributed by atoms with van der Waals surface area (Å²) in [6, 6.07) is 5.38. The number of ether oxygens (including phenoxy) is 3. The van der Waals surface area contributed by atoms with E-state index in [1.54, 1.807) is 24.5 Å². The summed E-state index contributed by atoms with van der Waals surface area (Å²) < 4.78 is 17.6. The average Bonchev–Trinajstić information content (AvgIpc) is 2.99. The zero-order valence-corrected chi connectivity index (χ0v) is 15.0. The van der Waals surface area contributed by atoms with Crippen LogP contribution in [0.5, 0.6) is 17.5 Å². The van der Waals surface area contributed by atoms with Gasteiger partial charge in [0.15, 0.2) is 5.69 Å². The molecule has 0 spiro atoms. The number of aromatic nitrogens is 3. The molecule has 3 rings (SSSR count). The number of methoxy groups -OCH3 is 1. The molecule has 0 unspecified atom stereocenters. The van der Waals surface area contributed by atoms with Gasteiger partial charge < -0.3 is 19.9 Å². The van der Waals surface area contributed by atoms with Crippen molar-refractivity contribution in [2.45, 2.75) is 26.4 Å². The standard InChI is InChI=1S/C18H20N4O4/c1-18(2,3)26-17(23)22-8-11-5-6-13(7-12(11)9-22)25-16-14(19)15(24-4)20-10-21-16/h5-10H,19H2,1-4H3. The Hall–Kier alpha value is -3.29. The summed E-state index contributed by atoms with van der Waals surface area (Å²) in [6.07, 6.45) is 4.25. The lowest BCUT2D eigenvalue weighted by atomic mass is 10.2. The number of hydrogen-bond donors (Lipinski definition) is 1. The summed E-state index contributed by atoms with van der Waals surface area (Å²) in [5.41, 5.74) is 5.56. The van der Waals surface area contributed by atoms with Crippen molar-refractivity contribution in [2.75, 3.05) is 12.8 Å². The quantitative estimate of drug-likeness (QED) is 0.765. The summed E-state index contributed by atoms with van der Waals surface area (Å²) in [7, 11) is 1.47. The first-order valence-electron chi connectivity index (χ1n) is 7.94. The Kier molecular flexibility index (Phi) is 4.41. The highest BCUT2D eigenvalue weighted by molar-refractivity contribution is 5.88. The maximum absolute atomic E-state index is 12.2. The molecule has 1 aromatic carbocycles. The van der Waals surface area contributed by atoms with E-state index in [0.29, 0.717) is 5.75 Å². The Morgan fingerprint density at radius 2 is 1.81 bits per heavy atom. The summed E-state index contributed by atoms with van der Waals surface area (Å²) in [6.45, 7) is 5.46. The first kappa shape index (κ1) is 17.5. The van der Waals surface area contributed by atoms with Gasteiger partial charge in [-0.3, -0.25) is 4.57 Å². The normalized spacial score (nSPS) is 11.4. The smallest absolute Gasteiger partial charge is 0.418 e. The molecule has 8 nitrogen and oxygen atoms in total. The molecular weight excluding hydrogens is 336 g/mol. The maximum Gasteiger partial charge on any atom is 0.418 e. The SMILES string of the molecule is COc1ncnc(Oc2ccc3cn(C(=O)OC(C)(C)C)cc3c2)c1N. The zero-order chi connectivity index (χ0) is 18.9. The first-order chi connectivity index (χ1) is 12.3. The highest BCUT2D eigenvalue weighted by atomic mass is 16.6. The van der Waals surface area contributed by atoms with Crippen LogP contribution in [0.2, 0.25) is 0 Å². The van der Waals surface area contributed by atoms with Crippen molar-refractivity contribution in [1.82, 2.24) is 14.5 Å². The van der Waals surface area contributed by atoms with Crippen molar-refractivity contribution in [3.8, 4) is 17.5 Å². The minimum Gasteiger partial charge on any atom is -0.479 e. The van der Waals surface area contributed by atoms with Gasteiger partial charge in [-0.1, -0.05) is 0 Å². The van der Waals surface area contributed by atoms with Gasteiger partial charge in [-0.25, -0.2) is 4.79 Å². The number of nitrogens with zero attached hydrogens (tertiary/aromatic N) is 3. The fourth-order valence-corrected chi connectivity index (χ4v) is 2.32. The molecule has 0 amide bonds. The molecular formula is C18H20N4O4. The number of fused-ring (bicyclic) bond motifs is 1. The third kappa shape index (κ3) is 3.69. The average molecular weight is 356 g/mol. The lowest BCUT2D eigenvalue weighted by Gasteiger charge is -2.19. The van der Waals surface area contributed by atoms with Crippen LogP contribution in [0.3, 0.4) is 0 Å². The molecule has 2 aromatic heterocycles. The highest BCUT2D eigenvalue weighted by Crippen LogP contribution is 2.32. The highest BCUT2D eigenvalue weighted by Gasteiger charge is 2.18. The van der Waals surface area contributed by atoms with E-state index in [4.69, 9.17) is 19.9 Å². The Morgan fingerprint density at radius 1 is 1.12 bits per heavy atom. The number of hydrogen-bond acceptors (Lipinski definition) is 7. The van der Waals surface area contributed by atoms with E-state index in [1.165, 1.54) is 18.0 Å². The third-order valence-electron chi connectivity index (χ3n) is 3.44. The van der Waals surface area contributed by atoms with Crippen LogP contribution in [0.25, 0.3) is 10.8 Å². The van der Waals surface area contributed by atoms with Gasteiger partial charge >= 0.3 is 6.09 Å². The number of nitrogens with two attached hydrogens (primary N) is 1. The summed E-state index contributed by atoms with van der Waals surface area (Å²) in [5.74, 6) is 0.960. The Bertz CT molecular complexity index is 959. The molecule has 0 saturated heterocycles. The van der Waals surface area contributed by atoms with E-state index in [9.17, 15) is 4.79 Å². The van der Waals surface area contributed by atoms with Gasteiger partial charge in [0.2, 0.25) is 11.8 Å². The predicted molar refractivity (Wildman–Crippen MR) is 96.6 cm³/mol. The Balaban J connectivity index is 1.87. The molecule has 2 N–H and O–H groups in total. The monoisotopic (exact) mass is 356 g/mol. The lowest BCUT2D eigenvalue weighted by Crippen LogP contribution is -2.26. The van der Waals surface area contributed by atoms with Crippen LogP contribution in [0.1, 0.15) is 20.8 Å². The van der Waals surface area contributed by atoms with Crippen LogP contribution < -0.4 is 15.2 Å².